The summed E-state index contributed by atoms with van der Waals surface area (Å²) in [5, 5.41) is 0.666. The summed E-state index contributed by atoms with van der Waals surface area (Å²) in [6, 6.07) is 7.47. The van der Waals surface area contributed by atoms with E-state index in [0.717, 1.165) is 5.56 Å². The Kier molecular flexibility index (Phi) is 6.54. The Morgan fingerprint density at radius 3 is 2.72 bits per heavy atom. The lowest BCUT2D eigenvalue weighted by Gasteiger charge is -2.21. The Bertz CT molecular complexity index is 398. The van der Waals surface area contributed by atoms with Crippen molar-refractivity contribution in [3.05, 3.63) is 34.9 Å². The lowest BCUT2D eigenvalue weighted by atomic mass is 10.1. The van der Waals surface area contributed by atoms with Gasteiger partial charge in [0.2, 0.25) is 0 Å². The van der Waals surface area contributed by atoms with Crippen LogP contribution >= 0.6 is 23.4 Å². The third-order valence-electron chi connectivity index (χ3n) is 2.38. The fourth-order valence-electron chi connectivity index (χ4n) is 1.59. The highest BCUT2D eigenvalue weighted by Gasteiger charge is 2.20. The van der Waals surface area contributed by atoms with Gasteiger partial charge in [-0.3, -0.25) is 4.79 Å². The molecule has 1 aromatic rings. The molecular weight excluding hydrogens is 270 g/mol. The van der Waals surface area contributed by atoms with Crippen LogP contribution in [0.1, 0.15) is 24.7 Å². The molecule has 0 saturated carbocycles. The molecule has 1 rings (SSSR count). The maximum atomic E-state index is 11.4. The first kappa shape index (κ1) is 15.3. The maximum Gasteiger partial charge on any atom is 0.315 e. The number of hydrogen-bond acceptors (Lipinski definition) is 4. The molecule has 0 bridgehead atoms. The summed E-state index contributed by atoms with van der Waals surface area (Å²) in [6.45, 7) is 4.10. The zero-order chi connectivity index (χ0) is 13.5. The molecule has 100 valence electrons. The van der Waals surface area contributed by atoms with Gasteiger partial charge in [-0.15, -0.1) is 11.8 Å². The van der Waals surface area contributed by atoms with Crippen molar-refractivity contribution in [3.63, 3.8) is 0 Å². The molecule has 0 aliphatic carbocycles. The molecule has 0 radical (unpaired) electrons. The summed E-state index contributed by atoms with van der Waals surface area (Å²) in [5.74, 6) is 0.0610. The molecule has 0 spiro atoms. The zero-order valence-corrected chi connectivity index (χ0v) is 12.1. The second kappa shape index (κ2) is 7.67. The Balaban J connectivity index is 2.72. The highest BCUT2D eigenvalue weighted by molar-refractivity contribution is 8.00. The molecule has 5 heteroatoms. The zero-order valence-electron chi connectivity index (χ0n) is 10.6. The quantitative estimate of drug-likeness (QED) is 0.817. The third kappa shape index (κ3) is 4.52. The Hall–Kier alpha value is -0.710. The average Bonchev–Trinajstić information content (AvgIpc) is 2.31. The summed E-state index contributed by atoms with van der Waals surface area (Å²) in [5.41, 5.74) is 6.93. The molecule has 0 aliphatic rings. The van der Waals surface area contributed by atoms with E-state index >= 15 is 0 Å². The van der Waals surface area contributed by atoms with E-state index in [-0.39, 0.29) is 23.0 Å². The van der Waals surface area contributed by atoms with Crippen molar-refractivity contribution in [1.82, 2.24) is 0 Å². The molecule has 0 fully saturated rings. The molecule has 2 unspecified atom stereocenters. The molecule has 0 amide bonds. The molecule has 0 aromatic heterocycles. The number of carbonyl (C=O) groups excluding carboxylic acids is 1. The van der Waals surface area contributed by atoms with Crippen LogP contribution in [0, 0.1) is 0 Å². The van der Waals surface area contributed by atoms with Gasteiger partial charge in [0.25, 0.3) is 0 Å². The smallest absolute Gasteiger partial charge is 0.315 e. The van der Waals surface area contributed by atoms with Crippen LogP contribution in [0.3, 0.4) is 0 Å². The molecule has 1 aromatic carbocycles. The summed E-state index contributed by atoms with van der Waals surface area (Å²) in [7, 11) is 0. The summed E-state index contributed by atoms with van der Waals surface area (Å²) >= 11 is 7.62. The van der Waals surface area contributed by atoms with Crippen LogP contribution in [0.5, 0.6) is 0 Å². The minimum atomic E-state index is -0.222. The monoisotopic (exact) mass is 287 g/mol. The third-order valence-corrected chi connectivity index (χ3v) is 4.16. The molecule has 18 heavy (non-hydrogen) atoms. The largest absolute Gasteiger partial charge is 0.465 e. The number of ether oxygens (including phenoxy) is 1. The van der Waals surface area contributed by atoms with Gasteiger partial charge in [0, 0.05) is 16.3 Å². The van der Waals surface area contributed by atoms with Gasteiger partial charge in [-0.1, -0.05) is 29.8 Å². The highest BCUT2D eigenvalue weighted by Crippen LogP contribution is 2.35. The van der Waals surface area contributed by atoms with Gasteiger partial charge in [0.1, 0.15) is 0 Å². The predicted octanol–water partition coefficient (Wildman–Crippen LogP) is 3.02. The molecule has 0 aliphatic heterocycles. The van der Waals surface area contributed by atoms with Crippen LogP contribution in [-0.4, -0.2) is 24.4 Å². The minimum Gasteiger partial charge on any atom is -0.465 e. The number of hydrogen-bond donors (Lipinski definition) is 1. The molecule has 0 saturated heterocycles. The SMILES string of the molecule is CCOC(=O)CSC(c1ccccc1Cl)C(C)N. The minimum absolute atomic E-state index is 0.0110. The second-order valence-corrected chi connectivity index (χ2v) is 5.45. The van der Waals surface area contributed by atoms with E-state index in [0.29, 0.717) is 11.6 Å². The Morgan fingerprint density at radius 2 is 2.17 bits per heavy atom. The van der Waals surface area contributed by atoms with Gasteiger partial charge in [0.15, 0.2) is 0 Å². The maximum absolute atomic E-state index is 11.4. The topological polar surface area (TPSA) is 52.3 Å². The molecule has 3 nitrogen and oxygen atoms in total. The highest BCUT2D eigenvalue weighted by atomic mass is 35.5. The van der Waals surface area contributed by atoms with Crippen LogP contribution in [0.25, 0.3) is 0 Å². The first-order chi connectivity index (χ1) is 8.56. The predicted molar refractivity (Wildman–Crippen MR) is 76.9 cm³/mol. The Labute approximate surface area is 117 Å². The molecule has 2 atom stereocenters. The number of rotatable bonds is 6. The first-order valence-electron chi connectivity index (χ1n) is 5.83. The van der Waals surface area contributed by atoms with Gasteiger partial charge in [-0.05, 0) is 25.5 Å². The number of halogens is 1. The lowest BCUT2D eigenvalue weighted by Crippen LogP contribution is -2.24. The van der Waals surface area contributed by atoms with E-state index in [1.165, 1.54) is 11.8 Å². The lowest BCUT2D eigenvalue weighted by molar-refractivity contribution is -0.139. The molecule has 0 heterocycles. The van der Waals surface area contributed by atoms with E-state index in [9.17, 15) is 4.79 Å². The summed E-state index contributed by atoms with van der Waals surface area (Å²) < 4.78 is 4.90. The van der Waals surface area contributed by atoms with Crippen LogP contribution < -0.4 is 5.73 Å². The van der Waals surface area contributed by atoms with Crippen molar-refractivity contribution in [2.45, 2.75) is 25.1 Å². The van der Waals surface area contributed by atoms with Crippen LogP contribution in [0.15, 0.2) is 24.3 Å². The van der Waals surface area contributed by atoms with Crippen molar-refractivity contribution in [1.29, 1.82) is 0 Å². The van der Waals surface area contributed by atoms with Crippen molar-refractivity contribution in [2.75, 3.05) is 12.4 Å². The van der Waals surface area contributed by atoms with E-state index < -0.39 is 0 Å². The van der Waals surface area contributed by atoms with E-state index in [1.807, 2.05) is 31.2 Å². The summed E-state index contributed by atoms with van der Waals surface area (Å²) in [4.78, 5) is 11.4. The first-order valence-corrected chi connectivity index (χ1v) is 7.26. The standard InChI is InChI=1S/C13H18ClNO2S/c1-3-17-12(16)8-18-13(9(2)15)10-6-4-5-7-11(10)14/h4-7,9,13H,3,8,15H2,1-2H3. The number of nitrogens with two attached hydrogens (primary N) is 1. The van der Waals surface area contributed by atoms with Gasteiger partial charge in [0.05, 0.1) is 12.4 Å². The van der Waals surface area contributed by atoms with Crippen LogP contribution in [-0.2, 0) is 9.53 Å². The number of carbonyl (C=O) groups is 1. The average molecular weight is 288 g/mol. The number of benzene rings is 1. The second-order valence-electron chi connectivity index (χ2n) is 3.92. The van der Waals surface area contributed by atoms with Crippen molar-refractivity contribution in [2.24, 2.45) is 5.73 Å². The van der Waals surface area contributed by atoms with Crippen molar-refractivity contribution in [3.8, 4) is 0 Å². The fraction of sp³-hybridized carbons (Fsp3) is 0.462. The van der Waals surface area contributed by atoms with Gasteiger partial charge in [-0.25, -0.2) is 0 Å². The van der Waals surface area contributed by atoms with Gasteiger partial charge >= 0.3 is 5.97 Å². The van der Waals surface area contributed by atoms with Gasteiger partial charge in [-0.2, -0.15) is 0 Å². The fourth-order valence-corrected chi connectivity index (χ4v) is 3.00. The van der Waals surface area contributed by atoms with Crippen LogP contribution in [0.2, 0.25) is 5.02 Å². The van der Waals surface area contributed by atoms with E-state index in [1.54, 1.807) is 6.92 Å². The summed E-state index contributed by atoms with van der Waals surface area (Å²) in [6.07, 6.45) is 0. The molecule has 2 N–H and O–H groups in total. The molecular formula is C13H18ClNO2S. The van der Waals surface area contributed by atoms with Crippen LogP contribution in [0.4, 0.5) is 0 Å². The normalized spacial score (nSPS) is 14.0. The van der Waals surface area contributed by atoms with E-state index in [4.69, 9.17) is 22.1 Å². The number of thioether (sulfide) groups is 1. The Morgan fingerprint density at radius 1 is 1.50 bits per heavy atom. The van der Waals surface area contributed by atoms with Crippen molar-refractivity contribution >= 4 is 29.3 Å². The van der Waals surface area contributed by atoms with Crippen molar-refractivity contribution < 1.29 is 9.53 Å². The van der Waals surface area contributed by atoms with Gasteiger partial charge < -0.3 is 10.5 Å². The number of esters is 1. The van der Waals surface area contributed by atoms with E-state index in [2.05, 4.69) is 0 Å².